The van der Waals surface area contributed by atoms with Crippen LogP contribution in [0.2, 0.25) is 0 Å². The number of nitrogens with one attached hydrogen (secondary N) is 2. The lowest BCUT2D eigenvalue weighted by molar-refractivity contribution is 0.0982. The number of methoxy groups -OCH3 is 1. The van der Waals surface area contributed by atoms with Crippen LogP contribution < -0.4 is 24.6 Å². The lowest BCUT2D eigenvalue weighted by Gasteiger charge is -2.43. The van der Waals surface area contributed by atoms with Crippen molar-refractivity contribution in [3.63, 3.8) is 0 Å². The molecule has 0 bridgehead atoms. The molecule has 15 heteroatoms. The van der Waals surface area contributed by atoms with Gasteiger partial charge in [-0.05, 0) is 62.0 Å². The number of piperazine rings is 1. The van der Waals surface area contributed by atoms with Crippen LogP contribution in [0.5, 0.6) is 5.75 Å². The van der Waals surface area contributed by atoms with Gasteiger partial charge in [-0.15, -0.1) is 11.3 Å². The molecule has 49 heavy (non-hydrogen) atoms. The van der Waals surface area contributed by atoms with Crippen molar-refractivity contribution >= 4 is 77.1 Å². The second-order valence-electron chi connectivity index (χ2n) is 12.8. The first-order valence-electron chi connectivity index (χ1n) is 16.4. The molecular weight excluding hydrogens is 661 g/mol. The molecule has 2 aliphatic rings. The fourth-order valence-corrected chi connectivity index (χ4v) is 8.10. The van der Waals surface area contributed by atoms with Crippen molar-refractivity contribution in [2.45, 2.75) is 25.8 Å². The first kappa shape index (κ1) is 33.2. The van der Waals surface area contributed by atoms with Crippen molar-refractivity contribution in [1.82, 2.24) is 29.7 Å². The number of piperidine rings is 1. The summed E-state index contributed by atoms with van der Waals surface area (Å²) >= 11 is 1.50. The Bertz CT molecular complexity index is 2090. The highest BCUT2D eigenvalue weighted by Crippen LogP contribution is 2.39. The largest absolute Gasteiger partial charge is 0.494 e. The molecule has 2 fully saturated rings. The van der Waals surface area contributed by atoms with E-state index in [1.807, 2.05) is 11.4 Å². The molecule has 2 saturated heterocycles. The van der Waals surface area contributed by atoms with Gasteiger partial charge in [-0.1, -0.05) is 0 Å². The Morgan fingerprint density at radius 3 is 2.43 bits per heavy atom. The third kappa shape index (κ3) is 6.80. The second kappa shape index (κ2) is 13.5. The molecular formula is C34H42N10O3S2. The van der Waals surface area contributed by atoms with Crippen LogP contribution in [-0.2, 0) is 10.0 Å². The number of aromatic nitrogens is 4. The summed E-state index contributed by atoms with van der Waals surface area (Å²) in [4.78, 5) is 26.1. The van der Waals surface area contributed by atoms with E-state index in [9.17, 15) is 8.42 Å². The maximum absolute atomic E-state index is 12.7. The number of hydrogen-bond donors (Lipinski definition) is 2. The van der Waals surface area contributed by atoms with E-state index in [0.717, 1.165) is 79.8 Å². The molecule has 2 N–H and O–H groups in total. The average molecular weight is 703 g/mol. The van der Waals surface area contributed by atoms with Crippen LogP contribution in [0.3, 0.4) is 0 Å². The molecule has 3 aromatic heterocycles. The van der Waals surface area contributed by atoms with E-state index >= 15 is 0 Å². The number of benzene rings is 2. The van der Waals surface area contributed by atoms with Crippen LogP contribution in [0.4, 0.5) is 34.5 Å². The molecule has 13 nitrogen and oxygen atoms in total. The Labute approximate surface area is 291 Å². The van der Waals surface area contributed by atoms with E-state index in [1.165, 1.54) is 28.4 Å². The highest BCUT2D eigenvalue weighted by atomic mass is 32.2. The highest BCUT2D eigenvalue weighted by molar-refractivity contribution is 7.92. The minimum atomic E-state index is -3.61. The summed E-state index contributed by atoms with van der Waals surface area (Å²) in [5.41, 5.74) is 5.77. The Balaban J connectivity index is 1.16. The van der Waals surface area contributed by atoms with Gasteiger partial charge in [-0.3, -0.25) is 19.2 Å². The van der Waals surface area contributed by atoms with Crippen molar-refractivity contribution in [2.24, 2.45) is 0 Å². The quantitative estimate of drug-likeness (QED) is 0.213. The van der Waals surface area contributed by atoms with Crippen molar-refractivity contribution in [3.8, 4) is 5.75 Å². The standard InChI is InChI=1S/C34H42N10O3S2/c1-22-20-27(29(47-4)21-28(22)44-13-8-23(9-14-44)43-17-15-41(2)16-18-43)39-34-38-26-10-19-48-32(26)33(40-34)37-25-7-6-24-30(36-12-11-35-24)31(25)42(3)49(5,45)46/h6-7,10-12,19-21,23H,8-9,13-18H2,1-5H3,(H2,37,38,39,40). The maximum Gasteiger partial charge on any atom is 0.232 e. The molecule has 2 aromatic carbocycles. The van der Waals surface area contributed by atoms with Crippen LogP contribution in [0.15, 0.2) is 48.1 Å². The fourth-order valence-electron chi connectivity index (χ4n) is 6.80. The number of rotatable bonds is 9. The number of thiophene rings is 1. The predicted octanol–water partition coefficient (Wildman–Crippen LogP) is 5.05. The molecule has 0 spiro atoms. The first-order valence-corrected chi connectivity index (χ1v) is 19.1. The Morgan fingerprint density at radius 2 is 1.69 bits per heavy atom. The summed E-state index contributed by atoms with van der Waals surface area (Å²) in [5, 5.41) is 8.76. The number of hydrogen-bond acceptors (Lipinski definition) is 13. The molecule has 5 heterocycles. The number of likely N-dealkylation sites (N-methyl/N-ethyl adjacent to an activating group) is 1. The van der Waals surface area contributed by atoms with Gasteiger partial charge in [0.15, 0.2) is 5.82 Å². The van der Waals surface area contributed by atoms with Gasteiger partial charge in [0.2, 0.25) is 16.0 Å². The number of aryl methyl sites for hydroxylation is 1. The normalized spacial score (nSPS) is 16.7. The Kier molecular flexibility index (Phi) is 9.17. The van der Waals surface area contributed by atoms with Crippen molar-refractivity contribution in [1.29, 1.82) is 0 Å². The smallest absolute Gasteiger partial charge is 0.232 e. The molecule has 0 amide bonds. The summed E-state index contributed by atoms with van der Waals surface area (Å²) in [7, 11) is 1.78. The van der Waals surface area contributed by atoms with Crippen LogP contribution in [0.25, 0.3) is 21.3 Å². The average Bonchev–Trinajstić information content (AvgIpc) is 3.57. The second-order valence-corrected chi connectivity index (χ2v) is 15.7. The van der Waals surface area contributed by atoms with Crippen LogP contribution in [0, 0.1) is 6.92 Å². The summed E-state index contributed by atoms with van der Waals surface area (Å²) in [6.45, 7) is 8.75. The zero-order valence-corrected chi connectivity index (χ0v) is 30.1. The van der Waals surface area contributed by atoms with Gasteiger partial charge in [0.1, 0.15) is 17.0 Å². The number of anilines is 6. The van der Waals surface area contributed by atoms with Gasteiger partial charge in [0.25, 0.3) is 0 Å². The highest BCUT2D eigenvalue weighted by Gasteiger charge is 2.28. The van der Waals surface area contributed by atoms with E-state index in [2.05, 4.69) is 61.4 Å². The third-order valence-electron chi connectivity index (χ3n) is 9.61. The third-order valence-corrected chi connectivity index (χ3v) is 11.7. The molecule has 5 aromatic rings. The molecule has 0 saturated carbocycles. The van der Waals surface area contributed by atoms with Crippen molar-refractivity contribution in [3.05, 3.63) is 53.7 Å². The summed E-state index contributed by atoms with van der Waals surface area (Å²) in [6.07, 6.45) is 6.60. The van der Waals surface area contributed by atoms with Crippen LogP contribution >= 0.6 is 11.3 Å². The predicted molar refractivity (Wildman–Crippen MR) is 199 cm³/mol. The van der Waals surface area contributed by atoms with Crippen molar-refractivity contribution < 1.29 is 13.2 Å². The fraction of sp³-hybridized carbons (Fsp3) is 0.412. The molecule has 2 aliphatic heterocycles. The Hall–Kier alpha value is -4.31. The van der Waals surface area contributed by atoms with E-state index in [-0.39, 0.29) is 0 Å². The Morgan fingerprint density at radius 1 is 0.939 bits per heavy atom. The number of nitrogens with zero attached hydrogens (tertiary/aromatic N) is 8. The van der Waals surface area contributed by atoms with E-state index in [0.29, 0.717) is 46.0 Å². The zero-order chi connectivity index (χ0) is 34.3. The van der Waals surface area contributed by atoms with E-state index in [1.54, 1.807) is 31.6 Å². The van der Waals surface area contributed by atoms with E-state index in [4.69, 9.17) is 14.7 Å². The van der Waals surface area contributed by atoms with Crippen molar-refractivity contribution in [2.75, 3.05) is 86.6 Å². The summed E-state index contributed by atoms with van der Waals surface area (Å²) in [6, 6.07) is 10.4. The van der Waals surface area contributed by atoms with E-state index < -0.39 is 10.0 Å². The SMILES string of the molecule is COc1cc(N2CCC(N3CCN(C)CC3)CC2)c(C)cc1Nc1nc(Nc2ccc3nccnc3c2N(C)S(C)(=O)=O)c2sccc2n1. The molecule has 0 atom stereocenters. The van der Waals surface area contributed by atoms with Crippen LogP contribution in [-0.4, -0.2) is 111 Å². The minimum absolute atomic E-state index is 0.380. The maximum atomic E-state index is 12.7. The molecule has 0 aliphatic carbocycles. The summed E-state index contributed by atoms with van der Waals surface area (Å²) < 4.78 is 33.4. The monoisotopic (exact) mass is 702 g/mol. The lowest BCUT2D eigenvalue weighted by atomic mass is 10.0. The van der Waals surface area contributed by atoms with Gasteiger partial charge < -0.3 is 25.2 Å². The van der Waals surface area contributed by atoms with Gasteiger partial charge in [0.05, 0.1) is 40.5 Å². The molecule has 7 rings (SSSR count). The topological polar surface area (TPSA) is 132 Å². The zero-order valence-electron chi connectivity index (χ0n) is 28.5. The molecule has 0 radical (unpaired) electrons. The first-order chi connectivity index (χ1) is 23.6. The number of sulfonamides is 1. The van der Waals surface area contributed by atoms with Gasteiger partial charge in [0, 0.05) is 76.5 Å². The molecule has 0 unspecified atom stereocenters. The van der Waals surface area contributed by atoms with Gasteiger partial charge in [-0.2, -0.15) is 4.98 Å². The molecule has 258 valence electrons. The minimum Gasteiger partial charge on any atom is -0.494 e. The lowest BCUT2D eigenvalue weighted by Crippen LogP contribution is -2.52. The number of ether oxygens (including phenoxy) is 1. The van der Waals surface area contributed by atoms with Gasteiger partial charge >= 0.3 is 0 Å². The van der Waals surface area contributed by atoms with Crippen LogP contribution in [0.1, 0.15) is 18.4 Å². The van der Waals surface area contributed by atoms with Gasteiger partial charge in [-0.25, -0.2) is 13.4 Å². The summed E-state index contributed by atoms with van der Waals surface area (Å²) in [5.74, 6) is 1.62. The number of fused-ring (bicyclic) bond motifs is 2.